The summed E-state index contributed by atoms with van der Waals surface area (Å²) in [5.74, 6) is 1.25. The molecular weight excluding hydrogens is 420 g/mol. The number of hydrogen-bond acceptors (Lipinski definition) is 8. The predicted octanol–water partition coefficient (Wildman–Crippen LogP) is 3.06. The van der Waals surface area contributed by atoms with Gasteiger partial charge in [-0.1, -0.05) is 23.4 Å². The van der Waals surface area contributed by atoms with E-state index in [2.05, 4.69) is 19.7 Å². The number of rotatable bonds is 3. The summed E-state index contributed by atoms with van der Waals surface area (Å²) in [6, 6.07) is 3.92. The number of hydrogen-bond donors (Lipinski definition) is 2. The Morgan fingerprint density at radius 3 is 2.73 bits per heavy atom. The van der Waals surface area contributed by atoms with Gasteiger partial charge >= 0.3 is 0 Å². The number of nitrogens with zero attached hydrogens (tertiary/aromatic N) is 6. The minimum atomic E-state index is 0.0469. The number of piperidine rings is 1. The summed E-state index contributed by atoms with van der Waals surface area (Å²) >= 11 is 7.69. The lowest BCUT2D eigenvalue weighted by Crippen LogP contribution is -2.45. The molecule has 0 radical (unpaired) electrons. The number of nitrogens with two attached hydrogens (primary N) is 2. The number of aromatic nitrogens is 5. The molecule has 5 heterocycles. The Kier molecular flexibility index (Phi) is 4.83. The molecule has 1 fully saturated rings. The highest BCUT2D eigenvalue weighted by molar-refractivity contribution is 7.99. The van der Waals surface area contributed by atoms with E-state index >= 15 is 0 Å². The molecule has 0 saturated carbocycles. The maximum atomic E-state index is 6.60. The van der Waals surface area contributed by atoms with Crippen LogP contribution in [0.2, 0.25) is 5.02 Å². The van der Waals surface area contributed by atoms with Crippen LogP contribution >= 0.6 is 23.4 Å². The Morgan fingerprint density at radius 2 is 2.00 bits per heavy atom. The second kappa shape index (κ2) is 7.40. The number of pyridine rings is 1. The molecule has 1 saturated heterocycles. The van der Waals surface area contributed by atoms with E-state index in [4.69, 9.17) is 33.0 Å². The predicted molar refractivity (Wildman–Crippen MR) is 118 cm³/mol. The van der Waals surface area contributed by atoms with E-state index in [0.29, 0.717) is 10.8 Å². The summed E-state index contributed by atoms with van der Waals surface area (Å²) in [5.41, 5.74) is 14.5. The standard InChI is InChI=1S/C20H23ClN8S/c1-12-19(25-10-15(27-12)30-14-3-6-24-18(23)16(14)21)28-8-4-20(5-9-28)11-29-13(17(20)22)2-7-26-29/h2-3,6-7,10,17H,4-5,8-9,11,22H2,1H3,(H2,23,24). The monoisotopic (exact) mass is 442 g/mol. The first kappa shape index (κ1) is 19.6. The van der Waals surface area contributed by atoms with Gasteiger partial charge in [-0.15, -0.1) is 0 Å². The van der Waals surface area contributed by atoms with Crippen molar-refractivity contribution in [1.82, 2.24) is 24.7 Å². The molecule has 4 N–H and O–H groups in total. The van der Waals surface area contributed by atoms with Crippen LogP contribution in [0.25, 0.3) is 0 Å². The van der Waals surface area contributed by atoms with E-state index in [-0.39, 0.29) is 11.5 Å². The lowest BCUT2D eigenvalue weighted by atomic mass is 9.73. The average molecular weight is 443 g/mol. The molecule has 1 atom stereocenters. The minimum Gasteiger partial charge on any atom is -0.382 e. The first-order chi connectivity index (χ1) is 14.5. The summed E-state index contributed by atoms with van der Waals surface area (Å²) in [6.45, 7) is 4.72. The second-order valence-electron chi connectivity index (χ2n) is 7.97. The number of aryl methyl sites for hydroxylation is 1. The Morgan fingerprint density at radius 1 is 1.20 bits per heavy atom. The SMILES string of the molecule is Cc1nc(Sc2ccnc(N)c2Cl)cnc1N1CCC2(CC1)Cn1nccc1C2N. The molecule has 0 aromatic carbocycles. The molecule has 0 aliphatic carbocycles. The van der Waals surface area contributed by atoms with Gasteiger partial charge in [0.15, 0.2) is 0 Å². The lowest BCUT2D eigenvalue weighted by Gasteiger charge is -2.42. The zero-order chi connectivity index (χ0) is 20.9. The van der Waals surface area contributed by atoms with Crippen LogP contribution in [0.15, 0.2) is 40.6 Å². The van der Waals surface area contributed by atoms with E-state index in [1.165, 1.54) is 11.8 Å². The second-order valence-corrected chi connectivity index (χ2v) is 9.41. The molecule has 0 bridgehead atoms. The van der Waals surface area contributed by atoms with Crippen molar-refractivity contribution < 1.29 is 0 Å². The van der Waals surface area contributed by atoms with Gasteiger partial charge in [0.05, 0.1) is 28.6 Å². The van der Waals surface area contributed by atoms with Crippen LogP contribution in [0.3, 0.4) is 0 Å². The smallest absolute Gasteiger partial charge is 0.150 e. The third-order valence-electron chi connectivity index (χ3n) is 6.25. The highest BCUT2D eigenvalue weighted by Crippen LogP contribution is 2.48. The lowest BCUT2D eigenvalue weighted by molar-refractivity contribution is 0.170. The van der Waals surface area contributed by atoms with Crippen LogP contribution < -0.4 is 16.4 Å². The molecule has 156 valence electrons. The zero-order valence-electron chi connectivity index (χ0n) is 16.6. The molecule has 30 heavy (non-hydrogen) atoms. The van der Waals surface area contributed by atoms with E-state index in [1.807, 2.05) is 25.3 Å². The number of nitrogen functional groups attached to an aromatic ring is 1. The summed E-state index contributed by atoms with van der Waals surface area (Å²) in [6.07, 6.45) is 7.30. The van der Waals surface area contributed by atoms with Crippen LogP contribution in [-0.2, 0) is 6.54 Å². The molecule has 5 rings (SSSR count). The van der Waals surface area contributed by atoms with Crippen LogP contribution in [0.4, 0.5) is 11.6 Å². The van der Waals surface area contributed by atoms with Gasteiger partial charge in [-0.2, -0.15) is 5.10 Å². The molecule has 0 amide bonds. The maximum absolute atomic E-state index is 6.60. The van der Waals surface area contributed by atoms with Crippen LogP contribution in [0, 0.1) is 12.3 Å². The molecule has 1 spiro atoms. The Labute approximate surface area is 184 Å². The minimum absolute atomic E-state index is 0.0469. The Hall–Kier alpha value is -2.36. The number of anilines is 2. The van der Waals surface area contributed by atoms with E-state index < -0.39 is 0 Å². The van der Waals surface area contributed by atoms with Gasteiger partial charge in [-0.3, -0.25) is 4.68 Å². The van der Waals surface area contributed by atoms with Gasteiger partial charge in [0.25, 0.3) is 0 Å². The normalized spacial score (nSPS) is 20.0. The average Bonchev–Trinajstić information content (AvgIpc) is 3.28. The van der Waals surface area contributed by atoms with Gasteiger partial charge in [0, 0.05) is 42.3 Å². The van der Waals surface area contributed by atoms with E-state index in [9.17, 15) is 0 Å². The Bertz CT molecular complexity index is 1090. The first-order valence-corrected chi connectivity index (χ1v) is 11.1. The van der Waals surface area contributed by atoms with Crippen molar-refractivity contribution in [1.29, 1.82) is 0 Å². The summed E-state index contributed by atoms with van der Waals surface area (Å²) < 4.78 is 2.06. The van der Waals surface area contributed by atoms with Crippen molar-refractivity contribution in [2.24, 2.45) is 11.1 Å². The zero-order valence-corrected chi connectivity index (χ0v) is 18.2. The fraction of sp³-hybridized carbons (Fsp3) is 0.400. The van der Waals surface area contributed by atoms with Crippen molar-refractivity contribution >= 4 is 35.0 Å². The number of fused-ring (bicyclic) bond motifs is 1. The van der Waals surface area contributed by atoms with Gasteiger partial charge in [0.1, 0.15) is 16.7 Å². The summed E-state index contributed by atoms with van der Waals surface area (Å²) in [4.78, 5) is 16.6. The molecule has 8 nitrogen and oxygen atoms in total. The van der Waals surface area contributed by atoms with E-state index in [1.54, 1.807) is 12.4 Å². The molecule has 2 aliphatic rings. The van der Waals surface area contributed by atoms with Gasteiger partial charge in [-0.05, 0) is 31.9 Å². The van der Waals surface area contributed by atoms with Crippen LogP contribution in [0.5, 0.6) is 0 Å². The Balaban J connectivity index is 1.29. The van der Waals surface area contributed by atoms with Gasteiger partial charge in [0.2, 0.25) is 0 Å². The first-order valence-electron chi connectivity index (χ1n) is 9.90. The van der Waals surface area contributed by atoms with Crippen molar-refractivity contribution in [3.05, 3.63) is 47.1 Å². The fourth-order valence-corrected chi connectivity index (χ4v) is 5.59. The highest BCUT2D eigenvalue weighted by atomic mass is 35.5. The molecular formula is C20H23ClN8S. The van der Waals surface area contributed by atoms with Gasteiger partial charge in [-0.25, -0.2) is 15.0 Å². The molecule has 1 unspecified atom stereocenters. The van der Waals surface area contributed by atoms with Crippen molar-refractivity contribution in [2.45, 2.75) is 42.3 Å². The van der Waals surface area contributed by atoms with E-state index in [0.717, 1.165) is 59.6 Å². The molecule has 3 aromatic heterocycles. The fourth-order valence-electron chi connectivity index (χ4n) is 4.53. The largest absolute Gasteiger partial charge is 0.382 e. The molecule has 3 aromatic rings. The summed E-state index contributed by atoms with van der Waals surface area (Å²) in [5, 5.41) is 5.64. The van der Waals surface area contributed by atoms with Gasteiger partial charge < -0.3 is 16.4 Å². The van der Waals surface area contributed by atoms with Crippen molar-refractivity contribution in [3.8, 4) is 0 Å². The highest BCUT2D eigenvalue weighted by Gasteiger charge is 2.47. The van der Waals surface area contributed by atoms with Crippen LogP contribution in [0.1, 0.15) is 30.3 Å². The van der Waals surface area contributed by atoms with Crippen LogP contribution in [-0.4, -0.2) is 37.8 Å². The maximum Gasteiger partial charge on any atom is 0.150 e. The quantitative estimate of drug-likeness (QED) is 0.636. The number of halogens is 1. The molecule has 10 heteroatoms. The van der Waals surface area contributed by atoms with Crippen molar-refractivity contribution in [2.75, 3.05) is 23.7 Å². The third-order valence-corrected chi connectivity index (χ3v) is 7.72. The molecule has 2 aliphatic heterocycles. The topological polar surface area (TPSA) is 112 Å². The third kappa shape index (κ3) is 3.21. The summed E-state index contributed by atoms with van der Waals surface area (Å²) in [7, 11) is 0. The van der Waals surface area contributed by atoms with Crippen molar-refractivity contribution in [3.63, 3.8) is 0 Å².